The molecule has 1 fully saturated rings. The molecule has 0 aromatic carbocycles. The van der Waals surface area contributed by atoms with Gasteiger partial charge < -0.3 is 10.6 Å². The largest absolute Gasteiger partial charge is 0.360 e. The maximum Gasteiger partial charge on any atom is 0.166 e. The third-order valence-electron chi connectivity index (χ3n) is 1.88. The first-order valence-electron chi connectivity index (χ1n) is 4.06. The second-order valence-corrected chi connectivity index (χ2v) is 4.50. The second kappa shape index (κ2) is 4.82. The van der Waals surface area contributed by atoms with Crippen molar-refractivity contribution in [1.82, 2.24) is 10.6 Å². The predicted molar refractivity (Wildman–Crippen MR) is 59.4 cm³/mol. The standard InChI is InChI=1S/C8H13BrN2S/c1-6(9)5-10-8(12)11-7-3-2-4-7/h7H,1-5H2,(H2,10,11,12). The molecule has 0 radical (unpaired) electrons. The summed E-state index contributed by atoms with van der Waals surface area (Å²) in [5.74, 6) is 0. The molecule has 0 amide bonds. The van der Waals surface area contributed by atoms with Crippen molar-refractivity contribution in [1.29, 1.82) is 0 Å². The molecule has 4 heteroatoms. The van der Waals surface area contributed by atoms with Crippen LogP contribution < -0.4 is 10.6 Å². The number of rotatable bonds is 3. The molecule has 0 spiro atoms. The summed E-state index contributed by atoms with van der Waals surface area (Å²) in [5.41, 5.74) is 0. The highest BCUT2D eigenvalue weighted by Gasteiger charge is 2.17. The Morgan fingerprint density at radius 2 is 2.25 bits per heavy atom. The molecule has 0 atom stereocenters. The molecule has 1 saturated carbocycles. The number of thiocarbonyl (C=S) groups is 1. The zero-order chi connectivity index (χ0) is 8.97. The third-order valence-corrected chi connectivity index (χ3v) is 2.42. The van der Waals surface area contributed by atoms with Gasteiger partial charge in [-0.3, -0.25) is 0 Å². The Kier molecular flexibility index (Phi) is 4.01. The van der Waals surface area contributed by atoms with E-state index in [0.29, 0.717) is 12.6 Å². The van der Waals surface area contributed by atoms with Gasteiger partial charge in [-0.05, 0) is 31.5 Å². The molecule has 0 aromatic heterocycles. The highest BCUT2D eigenvalue weighted by molar-refractivity contribution is 9.11. The molecule has 12 heavy (non-hydrogen) atoms. The van der Waals surface area contributed by atoms with Crippen LogP contribution in [0.1, 0.15) is 19.3 Å². The third kappa shape index (κ3) is 3.54. The van der Waals surface area contributed by atoms with Gasteiger partial charge in [0.05, 0.1) is 0 Å². The fraction of sp³-hybridized carbons (Fsp3) is 0.625. The minimum atomic E-state index is 0.605. The van der Waals surface area contributed by atoms with Crippen LogP contribution >= 0.6 is 28.1 Å². The normalized spacial score (nSPS) is 16.4. The van der Waals surface area contributed by atoms with E-state index in [0.717, 1.165) is 9.59 Å². The molecule has 0 aromatic rings. The van der Waals surface area contributed by atoms with Crippen LogP contribution in [0.4, 0.5) is 0 Å². The lowest BCUT2D eigenvalue weighted by Crippen LogP contribution is -2.45. The summed E-state index contributed by atoms with van der Waals surface area (Å²) < 4.78 is 0.917. The van der Waals surface area contributed by atoms with E-state index >= 15 is 0 Å². The van der Waals surface area contributed by atoms with Crippen molar-refractivity contribution in [3.63, 3.8) is 0 Å². The summed E-state index contributed by atoms with van der Waals surface area (Å²) in [4.78, 5) is 0. The SMILES string of the molecule is C=C(Br)CNC(=S)NC1CCC1. The Morgan fingerprint density at radius 1 is 1.58 bits per heavy atom. The second-order valence-electron chi connectivity index (χ2n) is 2.97. The van der Waals surface area contributed by atoms with E-state index in [1.165, 1.54) is 19.3 Å². The maximum atomic E-state index is 5.06. The number of hydrogen-bond donors (Lipinski definition) is 2. The van der Waals surface area contributed by atoms with E-state index in [1.54, 1.807) is 0 Å². The Hall–Kier alpha value is -0.0900. The lowest BCUT2D eigenvalue weighted by molar-refractivity contribution is 0.382. The van der Waals surface area contributed by atoms with E-state index < -0.39 is 0 Å². The first kappa shape index (κ1) is 9.99. The van der Waals surface area contributed by atoms with Crippen molar-refractivity contribution in [2.24, 2.45) is 0 Å². The molecule has 68 valence electrons. The predicted octanol–water partition coefficient (Wildman–Crippen LogP) is 1.91. The zero-order valence-electron chi connectivity index (χ0n) is 6.90. The van der Waals surface area contributed by atoms with Crippen LogP contribution in [0, 0.1) is 0 Å². The van der Waals surface area contributed by atoms with Gasteiger partial charge in [0.15, 0.2) is 5.11 Å². The Bertz CT molecular complexity index is 189. The van der Waals surface area contributed by atoms with Gasteiger partial charge in [0.1, 0.15) is 0 Å². The summed E-state index contributed by atoms with van der Waals surface area (Å²) in [6.07, 6.45) is 3.82. The molecule has 1 aliphatic carbocycles. The lowest BCUT2D eigenvalue weighted by Gasteiger charge is -2.27. The molecule has 2 N–H and O–H groups in total. The van der Waals surface area contributed by atoms with Crippen molar-refractivity contribution >= 4 is 33.3 Å². The molecule has 1 rings (SSSR count). The average molecular weight is 249 g/mol. The van der Waals surface area contributed by atoms with Crippen molar-refractivity contribution in [2.75, 3.05) is 6.54 Å². The molecule has 0 heterocycles. The van der Waals surface area contributed by atoms with E-state index in [-0.39, 0.29) is 0 Å². The molecule has 1 aliphatic rings. The quantitative estimate of drug-likeness (QED) is 0.747. The zero-order valence-corrected chi connectivity index (χ0v) is 9.30. The van der Waals surface area contributed by atoms with E-state index in [2.05, 4.69) is 33.1 Å². The van der Waals surface area contributed by atoms with Gasteiger partial charge >= 0.3 is 0 Å². The van der Waals surface area contributed by atoms with Crippen molar-refractivity contribution in [3.8, 4) is 0 Å². The van der Waals surface area contributed by atoms with E-state index in [4.69, 9.17) is 12.2 Å². The average Bonchev–Trinajstić information content (AvgIpc) is 1.93. The minimum absolute atomic E-state index is 0.605. The van der Waals surface area contributed by atoms with E-state index in [9.17, 15) is 0 Å². The Balaban J connectivity index is 2.06. The van der Waals surface area contributed by atoms with Gasteiger partial charge in [0.2, 0.25) is 0 Å². The molecule has 0 unspecified atom stereocenters. The molecular weight excluding hydrogens is 236 g/mol. The first-order chi connectivity index (χ1) is 5.68. The molecule has 0 saturated heterocycles. The molecule has 2 nitrogen and oxygen atoms in total. The summed E-state index contributed by atoms with van der Waals surface area (Å²) in [5, 5.41) is 7.02. The van der Waals surface area contributed by atoms with Gasteiger partial charge in [-0.15, -0.1) is 0 Å². The fourth-order valence-corrected chi connectivity index (χ4v) is 1.34. The first-order valence-corrected chi connectivity index (χ1v) is 5.26. The van der Waals surface area contributed by atoms with Gasteiger partial charge in [-0.25, -0.2) is 0 Å². The van der Waals surface area contributed by atoms with Crippen LogP contribution in [0.5, 0.6) is 0 Å². The number of nitrogens with one attached hydrogen (secondary N) is 2. The van der Waals surface area contributed by atoms with Crippen molar-refractivity contribution in [3.05, 3.63) is 11.1 Å². The minimum Gasteiger partial charge on any atom is -0.360 e. The summed E-state index contributed by atoms with van der Waals surface area (Å²) in [6.45, 7) is 4.40. The summed E-state index contributed by atoms with van der Waals surface area (Å²) >= 11 is 8.32. The van der Waals surface area contributed by atoms with Gasteiger partial charge in [-0.1, -0.05) is 22.5 Å². The lowest BCUT2D eigenvalue weighted by atomic mass is 9.93. The Morgan fingerprint density at radius 3 is 2.67 bits per heavy atom. The van der Waals surface area contributed by atoms with Crippen LogP contribution in [0.15, 0.2) is 11.1 Å². The Labute approximate surface area is 86.9 Å². The van der Waals surface area contributed by atoms with Crippen LogP contribution in [0.3, 0.4) is 0 Å². The van der Waals surface area contributed by atoms with Crippen molar-refractivity contribution in [2.45, 2.75) is 25.3 Å². The van der Waals surface area contributed by atoms with Crippen molar-refractivity contribution < 1.29 is 0 Å². The molecule has 0 aliphatic heterocycles. The summed E-state index contributed by atoms with van der Waals surface area (Å²) in [7, 11) is 0. The van der Waals surface area contributed by atoms with E-state index in [1.807, 2.05) is 0 Å². The topological polar surface area (TPSA) is 24.1 Å². The maximum absolute atomic E-state index is 5.06. The summed E-state index contributed by atoms with van der Waals surface area (Å²) in [6, 6.07) is 0.605. The van der Waals surface area contributed by atoms with Crippen LogP contribution in [-0.4, -0.2) is 17.7 Å². The molecular formula is C8H13BrN2S. The highest BCUT2D eigenvalue weighted by atomic mass is 79.9. The smallest absolute Gasteiger partial charge is 0.166 e. The fourth-order valence-electron chi connectivity index (χ4n) is 0.965. The monoisotopic (exact) mass is 248 g/mol. The number of halogens is 1. The van der Waals surface area contributed by atoms with Gasteiger partial charge in [-0.2, -0.15) is 0 Å². The van der Waals surface area contributed by atoms with Crippen LogP contribution in [0.2, 0.25) is 0 Å². The van der Waals surface area contributed by atoms with Crippen LogP contribution in [-0.2, 0) is 0 Å². The highest BCUT2D eigenvalue weighted by Crippen LogP contribution is 2.17. The number of hydrogen-bond acceptors (Lipinski definition) is 1. The van der Waals surface area contributed by atoms with Gasteiger partial charge in [0, 0.05) is 17.1 Å². The van der Waals surface area contributed by atoms with Crippen LogP contribution in [0.25, 0.3) is 0 Å². The molecule has 0 bridgehead atoms. The van der Waals surface area contributed by atoms with Gasteiger partial charge in [0.25, 0.3) is 0 Å².